The predicted octanol–water partition coefficient (Wildman–Crippen LogP) is 3.89. The van der Waals surface area contributed by atoms with Crippen molar-refractivity contribution < 1.29 is 14.3 Å². The first-order chi connectivity index (χ1) is 10.7. The predicted molar refractivity (Wildman–Crippen MR) is 88.5 cm³/mol. The summed E-state index contributed by atoms with van der Waals surface area (Å²) in [6, 6.07) is 9.77. The smallest absolute Gasteiger partial charge is 0.176 e. The summed E-state index contributed by atoms with van der Waals surface area (Å²) in [4.78, 5) is 0. The van der Waals surface area contributed by atoms with Gasteiger partial charge < -0.3 is 19.6 Å². The molecule has 0 saturated carbocycles. The number of hydrogen-bond acceptors (Lipinski definition) is 5. The molecule has 0 aliphatic rings. The molecule has 4 nitrogen and oxygen atoms in total. The van der Waals surface area contributed by atoms with Crippen LogP contribution in [0.15, 0.2) is 45.5 Å². The number of para-hydroxylation sites is 1. The molecule has 0 radical (unpaired) electrons. The van der Waals surface area contributed by atoms with E-state index in [1.54, 1.807) is 18.4 Å². The van der Waals surface area contributed by atoms with Gasteiger partial charge in [0.05, 0.1) is 19.3 Å². The molecule has 0 bridgehead atoms. The van der Waals surface area contributed by atoms with Gasteiger partial charge in [0, 0.05) is 11.9 Å². The third-order valence-electron chi connectivity index (χ3n) is 3.72. The Morgan fingerprint density at radius 3 is 2.95 bits per heavy atom. The van der Waals surface area contributed by atoms with Crippen molar-refractivity contribution in [2.45, 2.75) is 19.1 Å². The van der Waals surface area contributed by atoms with E-state index in [9.17, 15) is 5.11 Å². The molecule has 0 saturated heterocycles. The van der Waals surface area contributed by atoms with E-state index in [1.807, 2.05) is 48.0 Å². The average molecular weight is 317 g/mol. The number of nitrogens with one attached hydrogen (secondary N) is 1. The summed E-state index contributed by atoms with van der Waals surface area (Å²) in [5.74, 6) is 1.56. The number of benzene rings is 1. The Bertz CT molecular complexity index is 736. The molecule has 3 rings (SSSR count). The van der Waals surface area contributed by atoms with Gasteiger partial charge in [-0.15, -0.1) is 0 Å². The Kier molecular flexibility index (Phi) is 4.47. The largest absolute Gasteiger partial charge is 0.493 e. The summed E-state index contributed by atoms with van der Waals surface area (Å²) in [5, 5.41) is 18.4. The molecule has 3 aromatic rings. The maximum absolute atomic E-state index is 10.1. The fourth-order valence-electron chi connectivity index (χ4n) is 2.40. The molecule has 0 aliphatic heterocycles. The van der Waals surface area contributed by atoms with Gasteiger partial charge in [0.25, 0.3) is 0 Å². The zero-order valence-electron chi connectivity index (χ0n) is 12.6. The Morgan fingerprint density at radius 2 is 2.23 bits per heavy atom. The number of rotatable bonds is 6. The molecule has 0 spiro atoms. The highest BCUT2D eigenvalue weighted by Crippen LogP contribution is 2.31. The van der Waals surface area contributed by atoms with Crippen molar-refractivity contribution in [1.29, 1.82) is 0 Å². The fraction of sp³-hybridized carbons (Fsp3) is 0.294. The lowest BCUT2D eigenvalue weighted by Crippen LogP contribution is -2.24. The van der Waals surface area contributed by atoms with Gasteiger partial charge in [-0.05, 0) is 41.4 Å². The molecule has 0 amide bonds. The molecule has 2 atom stereocenters. The van der Waals surface area contributed by atoms with E-state index >= 15 is 0 Å². The third-order valence-corrected chi connectivity index (χ3v) is 4.42. The molecular formula is C17H19NO3S. The lowest BCUT2D eigenvalue weighted by atomic mass is 10.1. The van der Waals surface area contributed by atoms with Crippen molar-refractivity contribution >= 4 is 22.3 Å². The fourth-order valence-corrected chi connectivity index (χ4v) is 3.11. The van der Waals surface area contributed by atoms with Gasteiger partial charge in [0.2, 0.25) is 0 Å². The van der Waals surface area contributed by atoms with Crippen LogP contribution in [0.1, 0.15) is 30.4 Å². The molecule has 1 aromatic carbocycles. The SMILES string of the molecule is COc1cccc2cc([C@@H](C)NC[C@H](O)c3ccsc3)oc12. The van der Waals surface area contributed by atoms with E-state index in [-0.39, 0.29) is 6.04 Å². The number of aliphatic hydroxyl groups is 1. The Morgan fingerprint density at radius 1 is 1.36 bits per heavy atom. The number of methoxy groups -OCH3 is 1. The van der Waals surface area contributed by atoms with Gasteiger partial charge in [-0.3, -0.25) is 0 Å². The summed E-state index contributed by atoms with van der Waals surface area (Å²) >= 11 is 1.59. The van der Waals surface area contributed by atoms with Gasteiger partial charge in [-0.25, -0.2) is 0 Å². The Balaban J connectivity index is 1.71. The first-order valence-electron chi connectivity index (χ1n) is 7.19. The second-order valence-electron chi connectivity index (χ2n) is 5.23. The van der Waals surface area contributed by atoms with Crippen LogP contribution in [-0.4, -0.2) is 18.8 Å². The summed E-state index contributed by atoms with van der Waals surface area (Å²) in [6.45, 7) is 2.50. The minimum Gasteiger partial charge on any atom is -0.493 e. The van der Waals surface area contributed by atoms with E-state index < -0.39 is 6.10 Å². The van der Waals surface area contributed by atoms with Crippen LogP contribution in [-0.2, 0) is 0 Å². The molecule has 5 heteroatoms. The van der Waals surface area contributed by atoms with E-state index in [4.69, 9.17) is 9.15 Å². The van der Waals surface area contributed by atoms with Crippen molar-refractivity contribution in [3.8, 4) is 5.75 Å². The second kappa shape index (κ2) is 6.52. The quantitative estimate of drug-likeness (QED) is 0.724. The van der Waals surface area contributed by atoms with E-state index in [0.29, 0.717) is 6.54 Å². The van der Waals surface area contributed by atoms with E-state index in [2.05, 4.69) is 5.32 Å². The van der Waals surface area contributed by atoms with Crippen molar-refractivity contribution in [1.82, 2.24) is 5.32 Å². The number of ether oxygens (including phenoxy) is 1. The summed E-state index contributed by atoms with van der Waals surface area (Å²) in [6.07, 6.45) is -0.507. The molecule has 2 N–H and O–H groups in total. The maximum Gasteiger partial charge on any atom is 0.176 e. The minimum absolute atomic E-state index is 0.00499. The Labute approximate surface area is 133 Å². The highest BCUT2D eigenvalue weighted by atomic mass is 32.1. The van der Waals surface area contributed by atoms with Gasteiger partial charge in [-0.2, -0.15) is 11.3 Å². The van der Waals surface area contributed by atoms with Gasteiger partial charge in [0.15, 0.2) is 11.3 Å². The average Bonchev–Trinajstić information content (AvgIpc) is 3.20. The molecule has 2 heterocycles. The highest BCUT2D eigenvalue weighted by Gasteiger charge is 2.15. The number of aliphatic hydroxyl groups excluding tert-OH is 1. The van der Waals surface area contributed by atoms with Crippen LogP contribution in [0.4, 0.5) is 0 Å². The Hall–Kier alpha value is -1.82. The molecule has 0 aliphatic carbocycles. The standard InChI is InChI=1S/C17H19NO3S/c1-11(18-9-14(19)13-6-7-22-10-13)16-8-12-4-3-5-15(20-2)17(12)21-16/h3-8,10-11,14,18-19H,9H2,1-2H3/t11-,14+/m1/s1. The van der Waals surface area contributed by atoms with Crippen LogP contribution < -0.4 is 10.1 Å². The molecule has 0 unspecified atom stereocenters. The summed E-state index contributed by atoms with van der Waals surface area (Å²) in [7, 11) is 1.63. The third kappa shape index (κ3) is 3.02. The number of fused-ring (bicyclic) bond motifs is 1. The minimum atomic E-state index is -0.507. The lowest BCUT2D eigenvalue weighted by Gasteiger charge is -2.14. The van der Waals surface area contributed by atoms with Crippen LogP contribution in [0.3, 0.4) is 0 Å². The van der Waals surface area contributed by atoms with Crippen LogP contribution in [0.5, 0.6) is 5.75 Å². The number of furan rings is 1. The van der Waals surface area contributed by atoms with Crippen LogP contribution in [0.25, 0.3) is 11.0 Å². The van der Waals surface area contributed by atoms with Gasteiger partial charge >= 0.3 is 0 Å². The second-order valence-corrected chi connectivity index (χ2v) is 6.01. The lowest BCUT2D eigenvalue weighted by molar-refractivity contribution is 0.169. The van der Waals surface area contributed by atoms with Gasteiger partial charge in [0.1, 0.15) is 5.76 Å². The van der Waals surface area contributed by atoms with Crippen molar-refractivity contribution in [3.05, 3.63) is 52.4 Å². The highest BCUT2D eigenvalue weighted by molar-refractivity contribution is 7.07. The number of thiophene rings is 1. The van der Waals surface area contributed by atoms with Crippen molar-refractivity contribution in [2.75, 3.05) is 13.7 Å². The van der Waals surface area contributed by atoms with Crippen LogP contribution in [0.2, 0.25) is 0 Å². The summed E-state index contributed by atoms with van der Waals surface area (Å²) in [5.41, 5.74) is 1.70. The van der Waals surface area contributed by atoms with E-state index in [0.717, 1.165) is 28.0 Å². The zero-order chi connectivity index (χ0) is 15.5. The van der Waals surface area contributed by atoms with Gasteiger partial charge in [-0.1, -0.05) is 12.1 Å². The zero-order valence-corrected chi connectivity index (χ0v) is 13.4. The van der Waals surface area contributed by atoms with E-state index in [1.165, 1.54) is 0 Å². The topological polar surface area (TPSA) is 54.6 Å². The van der Waals surface area contributed by atoms with Crippen LogP contribution in [0, 0.1) is 0 Å². The first kappa shape index (κ1) is 15.1. The van der Waals surface area contributed by atoms with Crippen molar-refractivity contribution in [2.24, 2.45) is 0 Å². The normalized spacial score (nSPS) is 14.1. The molecular weight excluding hydrogens is 298 g/mol. The molecule has 22 heavy (non-hydrogen) atoms. The van der Waals surface area contributed by atoms with Crippen molar-refractivity contribution in [3.63, 3.8) is 0 Å². The number of hydrogen-bond donors (Lipinski definition) is 2. The summed E-state index contributed by atoms with van der Waals surface area (Å²) < 4.78 is 11.2. The van der Waals surface area contributed by atoms with Crippen LogP contribution >= 0.6 is 11.3 Å². The molecule has 2 aromatic heterocycles. The molecule has 116 valence electrons. The monoisotopic (exact) mass is 317 g/mol. The maximum atomic E-state index is 10.1. The first-order valence-corrected chi connectivity index (χ1v) is 8.13. The molecule has 0 fully saturated rings.